The Labute approximate surface area is 141 Å². The summed E-state index contributed by atoms with van der Waals surface area (Å²) in [5, 5.41) is 9.38. The monoisotopic (exact) mass is 321 g/mol. The minimum atomic E-state index is -0.321. The van der Waals surface area contributed by atoms with Crippen LogP contribution in [0, 0.1) is 17.2 Å². The number of carbonyl (C=O) groups excluding carboxylic acids is 1. The molecule has 2 aromatic rings. The van der Waals surface area contributed by atoms with E-state index in [-0.39, 0.29) is 11.9 Å². The van der Waals surface area contributed by atoms with E-state index in [9.17, 15) is 10.1 Å². The largest absolute Gasteiger partial charge is 0.493 e. The van der Waals surface area contributed by atoms with Gasteiger partial charge in [0, 0.05) is 0 Å². The number of allylic oxidation sites excluding steroid dienone is 1. The van der Waals surface area contributed by atoms with Crippen LogP contribution in [-0.2, 0) is 4.79 Å². The Morgan fingerprint density at radius 2 is 1.83 bits per heavy atom. The molecule has 0 saturated carbocycles. The lowest BCUT2D eigenvalue weighted by molar-refractivity contribution is -0.137. The van der Waals surface area contributed by atoms with Crippen LogP contribution in [0.1, 0.15) is 25.0 Å². The van der Waals surface area contributed by atoms with Gasteiger partial charge in [0.2, 0.25) is 0 Å². The van der Waals surface area contributed by atoms with E-state index in [0.29, 0.717) is 17.1 Å². The third-order valence-corrected chi connectivity index (χ3v) is 3.39. The van der Waals surface area contributed by atoms with Crippen molar-refractivity contribution in [1.82, 2.24) is 0 Å². The summed E-state index contributed by atoms with van der Waals surface area (Å²) < 4.78 is 10.6. The lowest BCUT2D eigenvalue weighted by atomic mass is 10.0. The van der Waals surface area contributed by atoms with Crippen LogP contribution in [0.25, 0.3) is 11.6 Å². The SMILES string of the molecule is COc1cc(C=C(C#N)c2ccccc2)ccc1OC(=O)C(C)C. The molecule has 0 aliphatic rings. The number of nitrogens with zero attached hydrogens (tertiary/aromatic N) is 1. The van der Waals surface area contributed by atoms with E-state index >= 15 is 0 Å². The molecule has 2 aromatic carbocycles. The molecule has 0 saturated heterocycles. The van der Waals surface area contributed by atoms with Crippen molar-refractivity contribution >= 4 is 17.6 Å². The molecular weight excluding hydrogens is 302 g/mol. The summed E-state index contributed by atoms with van der Waals surface area (Å²) in [6.45, 7) is 3.54. The molecule has 4 nitrogen and oxygen atoms in total. The van der Waals surface area contributed by atoms with Gasteiger partial charge in [-0.1, -0.05) is 50.2 Å². The second kappa shape index (κ2) is 7.98. The lowest BCUT2D eigenvalue weighted by Gasteiger charge is -2.11. The van der Waals surface area contributed by atoms with Crippen LogP contribution in [0.3, 0.4) is 0 Å². The molecule has 122 valence electrons. The Hall–Kier alpha value is -3.06. The number of nitriles is 1. The van der Waals surface area contributed by atoms with Crippen LogP contribution in [0.2, 0.25) is 0 Å². The first-order chi connectivity index (χ1) is 11.5. The molecule has 24 heavy (non-hydrogen) atoms. The van der Waals surface area contributed by atoms with Crippen LogP contribution >= 0.6 is 0 Å². The van der Waals surface area contributed by atoms with Crippen molar-refractivity contribution in [1.29, 1.82) is 5.26 Å². The predicted molar refractivity (Wildman–Crippen MR) is 93.4 cm³/mol. The van der Waals surface area contributed by atoms with Crippen molar-refractivity contribution in [2.75, 3.05) is 7.11 Å². The van der Waals surface area contributed by atoms with Crippen LogP contribution < -0.4 is 9.47 Å². The highest BCUT2D eigenvalue weighted by Crippen LogP contribution is 2.30. The number of hydrogen-bond acceptors (Lipinski definition) is 4. The molecule has 0 fully saturated rings. The molecule has 0 heterocycles. The molecule has 0 radical (unpaired) electrons. The first-order valence-electron chi connectivity index (χ1n) is 7.62. The molecule has 0 bridgehead atoms. The summed E-state index contributed by atoms with van der Waals surface area (Å²) in [4.78, 5) is 11.7. The van der Waals surface area contributed by atoms with E-state index in [1.165, 1.54) is 7.11 Å². The van der Waals surface area contributed by atoms with E-state index in [4.69, 9.17) is 9.47 Å². The summed E-state index contributed by atoms with van der Waals surface area (Å²) in [6.07, 6.45) is 1.77. The maximum atomic E-state index is 11.7. The fourth-order valence-corrected chi connectivity index (χ4v) is 2.05. The highest BCUT2D eigenvalue weighted by atomic mass is 16.6. The van der Waals surface area contributed by atoms with Crippen LogP contribution in [0.4, 0.5) is 0 Å². The number of methoxy groups -OCH3 is 1. The Bertz CT molecular complexity index is 786. The van der Waals surface area contributed by atoms with Crippen molar-refractivity contribution in [3.8, 4) is 17.6 Å². The third-order valence-electron chi connectivity index (χ3n) is 3.39. The van der Waals surface area contributed by atoms with E-state index in [1.54, 1.807) is 38.1 Å². The molecule has 0 aliphatic carbocycles. The van der Waals surface area contributed by atoms with Gasteiger partial charge in [-0.2, -0.15) is 5.26 Å². The van der Waals surface area contributed by atoms with Crippen molar-refractivity contribution in [3.05, 3.63) is 59.7 Å². The van der Waals surface area contributed by atoms with Gasteiger partial charge in [0.25, 0.3) is 0 Å². The number of esters is 1. The van der Waals surface area contributed by atoms with Gasteiger partial charge in [0.15, 0.2) is 11.5 Å². The zero-order chi connectivity index (χ0) is 17.5. The zero-order valence-electron chi connectivity index (χ0n) is 13.9. The van der Waals surface area contributed by atoms with E-state index in [0.717, 1.165) is 11.1 Å². The van der Waals surface area contributed by atoms with Gasteiger partial charge < -0.3 is 9.47 Å². The Morgan fingerprint density at radius 3 is 2.42 bits per heavy atom. The minimum absolute atomic E-state index is 0.224. The van der Waals surface area contributed by atoms with Gasteiger partial charge in [0.1, 0.15) is 0 Å². The van der Waals surface area contributed by atoms with Crippen molar-refractivity contribution in [2.24, 2.45) is 5.92 Å². The highest BCUT2D eigenvalue weighted by Gasteiger charge is 2.13. The summed E-state index contributed by atoms with van der Waals surface area (Å²) in [7, 11) is 1.51. The molecular formula is C20H19NO3. The number of hydrogen-bond donors (Lipinski definition) is 0. The van der Waals surface area contributed by atoms with Gasteiger partial charge in [-0.25, -0.2) is 0 Å². The fourth-order valence-electron chi connectivity index (χ4n) is 2.05. The van der Waals surface area contributed by atoms with Crippen molar-refractivity contribution in [2.45, 2.75) is 13.8 Å². The summed E-state index contributed by atoms with van der Waals surface area (Å²) in [5.41, 5.74) is 2.18. The molecule has 0 N–H and O–H groups in total. The Kier molecular flexibility index (Phi) is 5.75. The summed E-state index contributed by atoms with van der Waals surface area (Å²) in [5.74, 6) is 0.269. The fraction of sp³-hybridized carbons (Fsp3) is 0.200. The maximum Gasteiger partial charge on any atom is 0.313 e. The average molecular weight is 321 g/mol. The third kappa shape index (κ3) is 4.23. The molecule has 0 aromatic heterocycles. The first-order valence-corrected chi connectivity index (χ1v) is 7.62. The van der Waals surface area contributed by atoms with E-state index in [1.807, 2.05) is 30.3 Å². The standard InChI is InChI=1S/C20H19NO3/c1-14(2)20(22)24-18-10-9-15(12-19(18)23-3)11-17(13-21)16-7-5-4-6-8-16/h4-12,14H,1-3H3. The average Bonchev–Trinajstić information content (AvgIpc) is 2.61. The minimum Gasteiger partial charge on any atom is -0.493 e. The van der Waals surface area contributed by atoms with Gasteiger partial charge >= 0.3 is 5.97 Å². The van der Waals surface area contributed by atoms with Gasteiger partial charge in [-0.05, 0) is 29.3 Å². The second-order valence-electron chi connectivity index (χ2n) is 5.52. The number of ether oxygens (including phenoxy) is 2. The topological polar surface area (TPSA) is 59.3 Å². The highest BCUT2D eigenvalue weighted by molar-refractivity contribution is 5.89. The van der Waals surface area contributed by atoms with Crippen LogP contribution in [0.5, 0.6) is 11.5 Å². The Morgan fingerprint density at radius 1 is 1.12 bits per heavy atom. The van der Waals surface area contributed by atoms with E-state index < -0.39 is 0 Å². The molecule has 0 atom stereocenters. The lowest BCUT2D eigenvalue weighted by Crippen LogP contribution is -2.15. The van der Waals surface area contributed by atoms with Gasteiger partial charge in [-0.15, -0.1) is 0 Å². The molecule has 0 unspecified atom stereocenters. The van der Waals surface area contributed by atoms with Crippen LogP contribution in [-0.4, -0.2) is 13.1 Å². The number of carbonyl (C=O) groups is 1. The molecule has 4 heteroatoms. The summed E-state index contributed by atoms with van der Waals surface area (Å²) >= 11 is 0. The van der Waals surface area contributed by atoms with Crippen molar-refractivity contribution in [3.63, 3.8) is 0 Å². The van der Waals surface area contributed by atoms with Crippen LogP contribution in [0.15, 0.2) is 48.5 Å². The number of benzene rings is 2. The number of rotatable bonds is 5. The molecule has 0 spiro atoms. The maximum absolute atomic E-state index is 11.7. The van der Waals surface area contributed by atoms with Gasteiger partial charge in [0.05, 0.1) is 24.7 Å². The molecule has 0 amide bonds. The second-order valence-corrected chi connectivity index (χ2v) is 5.52. The predicted octanol–water partition coefficient (Wildman–Crippen LogP) is 4.32. The van der Waals surface area contributed by atoms with Crippen molar-refractivity contribution < 1.29 is 14.3 Å². The normalized spacial score (nSPS) is 11.0. The Balaban J connectivity index is 2.34. The quantitative estimate of drug-likeness (QED) is 0.356. The first kappa shape index (κ1) is 17.3. The zero-order valence-corrected chi connectivity index (χ0v) is 13.9. The molecule has 2 rings (SSSR count). The molecule has 0 aliphatic heterocycles. The smallest absolute Gasteiger partial charge is 0.313 e. The summed E-state index contributed by atoms with van der Waals surface area (Å²) in [6, 6.07) is 16.8. The van der Waals surface area contributed by atoms with Gasteiger partial charge in [-0.3, -0.25) is 4.79 Å². The van der Waals surface area contributed by atoms with E-state index in [2.05, 4.69) is 6.07 Å².